The molecule has 5 nitrogen and oxygen atoms in total. The van der Waals surface area contributed by atoms with Crippen molar-refractivity contribution in [1.82, 2.24) is 4.90 Å². The Balaban J connectivity index is 2.19. The lowest BCUT2D eigenvalue weighted by Gasteiger charge is -2.31. The summed E-state index contributed by atoms with van der Waals surface area (Å²) in [5.74, 6) is -0.999. The normalized spacial score (nSPS) is 16.0. The Morgan fingerprint density at radius 3 is 2.32 bits per heavy atom. The van der Waals surface area contributed by atoms with Gasteiger partial charge in [-0.1, -0.05) is 30.3 Å². The fourth-order valence-electron chi connectivity index (χ4n) is 2.34. The van der Waals surface area contributed by atoms with E-state index in [1.165, 1.54) is 4.90 Å². The SMILES string of the molecule is CC(C)(C)OC(=O)N(C1CC1)[C@@H](Cc1ccccc1)C(=O)O. The molecule has 1 amide bonds. The summed E-state index contributed by atoms with van der Waals surface area (Å²) >= 11 is 0. The number of hydrogen-bond acceptors (Lipinski definition) is 3. The van der Waals surface area contributed by atoms with Crippen LogP contribution in [-0.4, -0.2) is 39.8 Å². The molecule has 0 heterocycles. The molecule has 0 bridgehead atoms. The first-order valence-corrected chi connectivity index (χ1v) is 7.56. The quantitative estimate of drug-likeness (QED) is 0.908. The van der Waals surface area contributed by atoms with Gasteiger partial charge in [-0.3, -0.25) is 4.90 Å². The lowest BCUT2D eigenvalue weighted by molar-refractivity contribution is -0.143. The Kier molecular flexibility index (Phi) is 4.74. The molecule has 1 aliphatic carbocycles. The zero-order chi connectivity index (χ0) is 16.3. The zero-order valence-corrected chi connectivity index (χ0v) is 13.3. The number of carboxylic acid groups (broad SMARTS) is 1. The van der Waals surface area contributed by atoms with E-state index in [9.17, 15) is 14.7 Å². The largest absolute Gasteiger partial charge is 0.480 e. The second-order valence-corrected chi connectivity index (χ2v) is 6.66. The van der Waals surface area contributed by atoms with Gasteiger partial charge in [-0.05, 0) is 39.2 Å². The van der Waals surface area contributed by atoms with Crippen LogP contribution in [0.4, 0.5) is 4.79 Å². The summed E-state index contributed by atoms with van der Waals surface area (Å²) in [6.45, 7) is 5.34. The zero-order valence-electron chi connectivity index (χ0n) is 13.3. The molecule has 1 fully saturated rings. The molecular weight excluding hydrogens is 282 g/mol. The molecule has 1 N–H and O–H groups in total. The minimum Gasteiger partial charge on any atom is -0.480 e. The van der Waals surface area contributed by atoms with E-state index in [1.54, 1.807) is 20.8 Å². The lowest BCUT2D eigenvalue weighted by atomic mass is 10.0. The molecule has 0 aliphatic heterocycles. The van der Waals surface area contributed by atoms with Gasteiger partial charge in [0.25, 0.3) is 0 Å². The molecule has 0 aromatic heterocycles. The molecular formula is C17H23NO4. The molecule has 2 rings (SSSR count). The van der Waals surface area contributed by atoms with Crippen molar-refractivity contribution in [3.63, 3.8) is 0 Å². The fraction of sp³-hybridized carbons (Fsp3) is 0.529. The van der Waals surface area contributed by atoms with Gasteiger partial charge >= 0.3 is 12.1 Å². The van der Waals surface area contributed by atoms with Gasteiger partial charge in [0.1, 0.15) is 11.6 Å². The van der Waals surface area contributed by atoms with Crippen LogP contribution in [0.15, 0.2) is 30.3 Å². The van der Waals surface area contributed by atoms with Gasteiger partial charge in [0.15, 0.2) is 0 Å². The van der Waals surface area contributed by atoms with Crippen molar-refractivity contribution < 1.29 is 19.4 Å². The second kappa shape index (κ2) is 6.38. The van der Waals surface area contributed by atoms with Gasteiger partial charge in [0.05, 0.1) is 0 Å². The molecule has 0 radical (unpaired) electrons. The number of nitrogens with zero attached hydrogens (tertiary/aromatic N) is 1. The van der Waals surface area contributed by atoms with Gasteiger partial charge in [-0.15, -0.1) is 0 Å². The summed E-state index contributed by atoms with van der Waals surface area (Å²) in [6.07, 6.45) is 1.40. The predicted octanol–water partition coefficient (Wildman–Crippen LogP) is 3.08. The number of aliphatic carboxylic acids is 1. The van der Waals surface area contributed by atoms with Crippen molar-refractivity contribution in [2.45, 2.75) is 57.7 Å². The van der Waals surface area contributed by atoms with Crippen LogP contribution in [0.5, 0.6) is 0 Å². The summed E-state index contributed by atoms with van der Waals surface area (Å²) in [5.41, 5.74) is 0.254. The van der Waals surface area contributed by atoms with Crippen LogP contribution in [0.2, 0.25) is 0 Å². The van der Waals surface area contributed by atoms with E-state index in [-0.39, 0.29) is 12.5 Å². The highest BCUT2D eigenvalue weighted by atomic mass is 16.6. The highest BCUT2D eigenvalue weighted by molar-refractivity contribution is 5.81. The Morgan fingerprint density at radius 2 is 1.86 bits per heavy atom. The first-order valence-electron chi connectivity index (χ1n) is 7.56. The van der Waals surface area contributed by atoms with Gasteiger partial charge < -0.3 is 9.84 Å². The third-order valence-corrected chi connectivity index (χ3v) is 3.44. The molecule has 1 aromatic carbocycles. The Labute approximate surface area is 130 Å². The van der Waals surface area contributed by atoms with Gasteiger partial charge in [0, 0.05) is 12.5 Å². The average molecular weight is 305 g/mol. The minimum absolute atomic E-state index is 0.0281. The van der Waals surface area contributed by atoms with Crippen LogP contribution in [0.3, 0.4) is 0 Å². The third kappa shape index (κ3) is 4.48. The van der Waals surface area contributed by atoms with Crippen molar-refractivity contribution in [2.24, 2.45) is 0 Å². The highest BCUT2D eigenvalue weighted by Crippen LogP contribution is 2.31. The molecule has 0 spiro atoms. The van der Waals surface area contributed by atoms with E-state index in [4.69, 9.17) is 4.74 Å². The van der Waals surface area contributed by atoms with E-state index >= 15 is 0 Å². The first kappa shape index (κ1) is 16.3. The van der Waals surface area contributed by atoms with Crippen molar-refractivity contribution in [1.29, 1.82) is 0 Å². The third-order valence-electron chi connectivity index (χ3n) is 3.44. The minimum atomic E-state index is -0.999. The van der Waals surface area contributed by atoms with Crippen LogP contribution >= 0.6 is 0 Å². The molecule has 1 aromatic rings. The van der Waals surface area contributed by atoms with Crippen LogP contribution in [-0.2, 0) is 16.0 Å². The number of rotatable bonds is 5. The number of benzene rings is 1. The molecule has 1 aliphatic rings. The number of amides is 1. The van der Waals surface area contributed by atoms with E-state index in [2.05, 4.69) is 0 Å². The molecule has 1 saturated carbocycles. The van der Waals surface area contributed by atoms with Crippen LogP contribution in [0.25, 0.3) is 0 Å². The summed E-state index contributed by atoms with van der Waals surface area (Å²) in [7, 11) is 0. The van der Waals surface area contributed by atoms with Gasteiger partial charge in [-0.25, -0.2) is 9.59 Å². The standard InChI is InChI=1S/C17H23NO4/c1-17(2,3)22-16(21)18(13-9-10-13)14(15(19)20)11-12-7-5-4-6-8-12/h4-8,13-14H,9-11H2,1-3H3,(H,19,20)/t14-/m0/s1. The fourth-order valence-corrected chi connectivity index (χ4v) is 2.34. The molecule has 5 heteroatoms. The lowest BCUT2D eigenvalue weighted by Crippen LogP contribution is -2.49. The number of hydrogen-bond donors (Lipinski definition) is 1. The summed E-state index contributed by atoms with van der Waals surface area (Å²) in [5, 5.41) is 9.58. The molecule has 120 valence electrons. The van der Waals surface area contributed by atoms with E-state index < -0.39 is 23.7 Å². The van der Waals surface area contributed by atoms with Crippen molar-refractivity contribution in [2.75, 3.05) is 0 Å². The Hall–Kier alpha value is -2.04. The van der Waals surface area contributed by atoms with Gasteiger partial charge in [0.2, 0.25) is 0 Å². The summed E-state index contributed by atoms with van der Waals surface area (Å²) < 4.78 is 5.39. The topological polar surface area (TPSA) is 66.8 Å². The first-order chi connectivity index (χ1) is 10.3. The van der Waals surface area contributed by atoms with Crippen molar-refractivity contribution in [3.8, 4) is 0 Å². The van der Waals surface area contributed by atoms with E-state index in [0.29, 0.717) is 0 Å². The predicted molar refractivity (Wildman–Crippen MR) is 82.7 cm³/mol. The molecule has 0 saturated heterocycles. The van der Waals surface area contributed by atoms with Crippen molar-refractivity contribution in [3.05, 3.63) is 35.9 Å². The van der Waals surface area contributed by atoms with Crippen LogP contribution in [0.1, 0.15) is 39.2 Å². The maximum absolute atomic E-state index is 12.4. The smallest absolute Gasteiger partial charge is 0.411 e. The number of carboxylic acids is 1. The van der Waals surface area contributed by atoms with E-state index in [0.717, 1.165) is 18.4 Å². The number of carbonyl (C=O) groups is 2. The van der Waals surface area contributed by atoms with E-state index in [1.807, 2.05) is 30.3 Å². The molecule has 22 heavy (non-hydrogen) atoms. The maximum atomic E-state index is 12.4. The second-order valence-electron chi connectivity index (χ2n) is 6.66. The average Bonchev–Trinajstić information content (AvgIpc) is 3.21. The van der Waals surface area contributed by atoms with Crippen LogP contribution < -0.4 is 0 Å². The summed E-state index contributed by atoms with van der Waals surface area (Å²) in [4.78, 5) is 25.5. The monoisotopic (exact) mass is 305 g/mol. The molecule has 1 atom stereocenters. The van der Waals surface area contributed by atoms with Gasteiger partial charge in [-0.2, -0.15) is 0 Å². The molecule has 0 unspecified atom stereocenters. The summed E-state index contributed by atoms with van der Waals surface area (Å²) in [6, 6.07) is 8.43. The van der Waals surface area contributed by atoms with Crippen LogP contribution in [0, 0.1) is 0 Å². The number of ether oxygens (including phenoxy) is 1. The maximum Gasteiger partial charge on any atom is 0.411 e. The Bertz CT molecular complexity index is 531. The number of carbonyl (C=O) groups excluding carboxylic acids is 1. The Morgan fingerprint density at radius 1 is 1.27 bits per heavy atom. The van der Waals surface area contributed by atoms with Crippen molar-refractivity contribution >= 4 is 12.1 Å². The highest BCUT2D eigenvalue weighted by Gasteiger charge is 2.42.